The first kappa shape index (κ1) is 13.1. The number of aliphatic hydroxyl groups excluding tert-OH is 1. The van der Waals surface area contributed by atoms with Crippen LogP contribution in [0.15, 0.2) is 59.1 Å². The highest BCUT2D eigenvalue weighted by molar-refractivity contribution is 9.10. The number of pyridine rings is 1. The Morgan fingerprint density at radius 2 is 1.80 bits per heavy atom. The lowest BCUT2D eigenvalue weighted by molar-refractivity contribution is 0.275. The summed E-state index contributed by atoms with van der Waals surface area (Å²) in [5, 5.41) is 11.3. The van der Waals surface area contributed by atoms with Crippen molar-refractivity contribution in [2.75, 3.05) is 0 Å². The van der Waals surface area contributed by atoms with Crippen LogP contribution in [0.5, 0.6) is 11.6 Å². The minimum absolute atomic E-state index is 0.0943. The van der Waals surface area contributed by atoms with Crippen molar-refractivity contribution in [3.05, 3.63) is 64.8 Å². The molecule has 1 aromatic heterocycles. The van der Waals surface area contributed by atoms with Crippen molar-refractivity contribution in [2.24, 2.45) is 0 Å². The Balaban J connectivity index is 1.92. The molecule has 3 aromatic rings. The second-order valence-electron chi connectivity index (χ2n) is 4.38. The Labute approximate surface area is 125 Å². The van der Waals surface area contributed by atoms with Gasteiger partial charge in [-0.2, -0.15) is 0 Å². The van der Waals surface area contributed by atoms with Crippen LogP contribution in [0.4, 0.5) is 0 Å². The third-order valence-electron chi connectivity index (χ3n) is 2.94. The summed E-state index contributed by atoms with van der Waals surface area (Å²) in [6.45, 7) is -0.0943. The van der Waals surface area contributed by atoms with Gasteiger partial charge in [-0.15, -0.1) is 0 Å². The van der Waals surface area contributed by atoms with E-state index in [1.54, 1.807) is 12.1 Å². The number of halogens is 1. The number of nitrogens with zero attached hydrogens (tertiary/aromatic N) is 1. The maximum absolute atomic E-state index is 9.07. The zero-order valence-corrected chi connectivity index (χ0v) is 12.2. The first-order chi connectivity index (χ1) is 9.74. The molecule has 0 aliphatic heterocycles. The number of hydrogen-bond donors (Lipinski definition) is 1. The van der Waals surface area contributed by atoms with Crippen LogP contribution in [0.2, 0.25) is 0 Å². The topological polar surface area (TPSA) is 42.4 Å². The van der Waals surface area contributed by atoms with Gasteiger partial charge in [-0.05, 0) is 41.1 Å². The third kappa shape index (κ3) is 2.81. The van der Waals surface area contributed by atoms with Crippen molar-refractivity contribution in [1.29, 1.82) is 0 Å². The number of benzene rings is 2. The van der Waals surface area contributed by atoms with E-state index in [-0.39, 0.29) is 6.61 Å². The van der Waals surface area contributed by atoms with Gasteiger partial charge in [0.05, 0.1) is 12.3 Å². The molecule has 0 aliphatic rings. The third-order valence-corrected chi connectivity index (χ3v) is 3.43. The summed E-state index contributed by atoms with van der Waals surface area (Å²) >= 11 is 3.46. The van der Waals surface area contributed by atoms with Crippen LogP contribution < -0.4 is 4.74 Å². The van der Waals surface area contributed by atoms with Crippen molar-refractivity contribution in [1.82, 2.24) is 4.98 Å². The van der Waals surface area contributed by atoms with Crippen molar-refractivity contribution in [3.63, 3.8) is 0 Å². The van der Waals surface area contributed by atoms with Crippen LogP contribution in [-0.4, -0.2) is 10.1 Å². The maximum Gasteiger partial charge on any atom is 0.219 e. The molecule has 0 spiro atoms. The number of hydrogen-bond acceptors (Lipinski definition) is 3. The average Bonchev–Trinajstić information content (AvgIpc) is 2.47. The van der Waals surface area contributed by atoms with Crippen LogP contribution >= 0.6 is 15.9 Å². The number of aliphatic hydroxyl groups is 1. The summed E-state index contributed by atoms with van der Waals surface area (Å²) in [4.78, 5) is 4.20. The molecular weight excluding hydrogens is 318 g/mol. The fraction of sp³-hybridized carbons (Fsp3) is 0.0625. The van der Waals surface area contributed by atoms with E-state index in [0.717, 1.165) is 21.0 Å². The predicted molar refractivity (Wildman–Crippen MR) is 81.9 cm³/mol. The number of ether oxygens (including phenoxy) is 1. The fourth-order valence-corrected chi connectivity index (χ4v) is 2.36. The molecule has 3 nitrogen and oxygen atoms in total. The van der Waals surface area contributed by atoms with E-state index >= 15 is 0 Å². The van der Waals surface area contributed by atoms with Crippen LogP contribution in [0.1, 0.15) is 5.69 Å². The van der Waals surface area contributed by atoms with Gasteiger partial charge in [0, 0.05) is 10.5 Å². The highest BCUT2D eigenvalue weighted by Crippen LogP contribution is 2.26. The normalized spacial score (nSPS) is 10.7. The Kier molecular flexibility index (Phi) is 3.67. The van der Waals surface area contributed by atoms with Gasteiger partial charge in [-0.1, -0.05) is 34.1 Å². The van der Waals surface area contributed by atoms with E-state index in [4.69, 9.17) is 9.84 Å². The molecule has 0 bridgehead atoms. The quantitative estimate of drug-likeness (QED) is 0.779. The molecule has 4 heteroatoms. The van der Waals surface area contributed by atoms with E-state index in [9.17, 15) is 0 Å². The van der Waals surface area contributed by atoms with Gasteiger partial charge in [0.15, 0.2) is 0 Å². The van der Waals surface area contributed by atoms with Gasteiger partial charge in [0.1, 0.15) is 5.75 Å². The van der Waals surface area contributed by atoms with Crippen molar-refractivity contribution in [3.8, 4) is 11.6 Å². The monoisotopic (exact) mass is 329 g/mol. The molecule has 20 heavy (non-hydrogen) atoms. The molecule has 0 radical (unpaired) electrons. The number of aromatic nitrogens is 1. The van der Waals surface area contributed by atoms with Crippen LogP contribution in [-0.2, 0) is 6.61 Å². The molecule has 0 saturated heterocycles. The molecular formula is C16H12BrNO2. The molecule has 0 unspecified atom stereocenters. The highest BCUT2D eigenvalue weighted by atomic mass is 79.9. The summed E-state index contributed by atoms with van der Waals surface area (Å²) in [5.74, 6) is 1.20. The van der Waals surface area contributed by atoms with Crippen molar-refractivity contribution in [2.45, 2.75) is 6.61 Å². The first-order valence-corrected chi connectivity index (χ1v) is 6.98. The van der Waals surface area contributed by atoms with Crippen LogP contribution in [0, 0.1) is 0 Å². The van der Waals surface area contributed by atoms with Gasteiger partial charge < -0.3 is 9.84 Å². The molecule has 0 amide bonds. The predicted octanol–water partition coefficient (Wildman–Crippen LogP) is 4.28. The van der Waals surface area contributed by atoms with Crippen molar-refractivity contribution >= 4 is 26.7 Å². The second-order valence-corrected chi connectivity index (χ2v) is 5.30. The van der Waals surface area contributed by atoms with Crippen molar-refractivity contribution < 1.29 is 9.84 Å². The molecule has 1 N–H and O–H groups in total. The molecule has 2 aromatic carbocycles. The lowest BCUT2D eigenvalue weighted by Gasteiger charge is -2.07. The Bertz CT molecular complexity index is 758. The summed E-state index contributed by atoms with van der Waals surface area (Å²) in [6.07, 6.45) is 0. The molecule has 100 valence electrons. The van der Waals surface area contributed by atoms with Gasteiger partial charge in [0.2, 0.25) is 5.88 Å². The molecule has 3 rings (SSSR count). The molecule has 0 fully saturated rings. The second kappa shape index (κ2) is 5.61. The van der Waals surface area contributed by atoms with Gasteiger partial charge in [-0.3, -0.25) is 0 Å². The standard InChI is InChI=1S/C16H12BrNO2/c17-13-6-4-12-9-15(7-5-11(12)8-13)20-16-3-1-2-14(10-19)18-16/h1-9,19H,10H2. The summed E-state index contributed by atoms with van der Waals surface area (Å²) in [7, 11) is 0. The fourth-order valence-electron chi connectivity index (χ4n) is 1.98. The van der Waals surface area contributed by atoms with Gasteiger partial charge in [-0.25, -0.2) is 4.98 Å². The first-order valence-electron chi connectivity index (χ1n) is 6.18. The summed E-state index contributed by atoms with van der Waals surface area (Å²) in [5.41, 5.74) is 0.590. The highest BCUT2D eigenvalue weighted by Gasteiger charge is 2.02. The lowest BCUT2D eigenvalue weighted by atomic mass is 10.1. The number of fused-ring (bicyclic) bond motifs is 1. The van der Waals surface area contributed by atoms with Crippen LogP contribution in [0.3, 0.4) is 0 Å². The minimum Gasteiger partial charge on any atom is -0.439 e. The Morgan fingerprint density at radius 3 is 2.65 bits per heavy atom. The van der Waals surface area contributed by atoms with E-state index in [0.29, 0.717) is 11.6 Å². The zero-order valence-electron chi connectivity index (χ0n) is 10.6. The van der Waals surface area contributed by atoms with Gasteiger partial charge in [0.25, 0.3) is 0 Å². The van der Waals surface area contributed by atoms with E-state index in [1.165, 1.54) is 0 Å². The Hall–Kier alpha value is -1.91. The lowest BCUT2D eigenvalue weighted by Crippen LogP contribution is -1.92. The molecule has 0 atom stereocenters. The van der Waals surface area contributed by atoms with Gasteiger partial charge >= 0.3 is 0 Å². The van der Waals surface area contributed by atoms with E-state index in [2.05, 4.69) is 27.0 Å². The minimum atomic E-state index is -0.0943. The number of rotatable bonds is 3. The SMILES string of the molecule is OCc1cccc(Oc2ccc3cc(Br)ccc3c2)n1. The molecule has 1 heterocycles. The average molecular weight is 330 g/mol. The zero-order chi connectivity index (χ0) is 13.9. The van der Waals surface area contributed by atoms with E-state index in [1.807, 2.05) is 36.4 Å². The van der Waals surface area contributed by atoms with E-state index < -0.39 is 0 Å². The Morgan fingerprint density at radius 1 is 1.00 bits per heavy atom. The largest absolute Gasteiger partial charge is 0.439 e. The van der Waals surface area contributed by atoms with Crippen LogP contribution in [0.25, 0.3) is 10.8 Å². The summed E-state index contributed by atoms with van der Waals surface area (Å²) in [6, 6.07) is 17.3. The maximum atomic E-state index is 9.07. The molecule has 0 saturated carbocycles. The molecule has 0 aliphatic carbocycles. The smallest absolute Gasteiger partial charge is 0.219 e. The summed E-state index contributed by atoms with van der Waals surface area (Å²) < 4.78 is 6.78.